The number of phenols is 1. The molecule has 2 nitrogen and oxygen atoms in total. The first kappa shape index (κ1) is 9.74. The summed E-state index contributed by atoms with van der Waals surface area (Å²) in [5.74, 6) is 0.279. The maximum Gasteiger partial charge on any atom is 0.116 e. The van der Waals surface area contributed by atoms with Crippen LogP contribution in [0.2, 0.25) is 0 Å². The van der Waals surface area contributed by atoms with E-state index in [4.69, 9.17) is 5.11 Å². The van der Waals surface area contributed by atoms with Crippen molar-refractivity contribution in [3.05, 3.63) is 48.0 Å². The Kier molecular flexibility index (Phi) is 2.70. The van der Waals surface area contributed by atoms with Crippen LogP contribution < -0.4 is 0 Å². The van der Waals surface area contributed by atoms with Crippen LogP contribution in [-0.2, 0) is 0 Å². The predicted molar refractivity (Wildman–Crippen MR) is 61.7 cm³/mol. The largest absolute Gasteiger partial charge is 0.508 e. The zero-order chi connectivity index (χ0) is 10.7. The third kappa shape index (κ3) is 2.17. The van der Waals surface area contributed by atoms with E-state index in [2.05, 4.69) is 0 Å². The second kappa shape index (κ2) is 4.15. The highest BCUT2D eigenvalue weighted by atomic mass is 16.3. The van der Waals surface area contributed by atoms with Gasteiger partial charge in [-0.2, -0.15) is 0 Å². The van der Waals surface area contributed by atoms with Crippen molar-refractivity contribution < 1.29 is 10.2 Å². The van der Waals surface area contributed by atoms with Crippen molar-refractivity contribution in [2.45, 2.75) is 0 Å². The lowest BCUT2D eigenvalue weighted by atomic mass is 10.1. The predicted octanol–water partition coefficient (Wildman–Crippen LogP) is 2.55. The molecule has 2 aromatic carbocycles. The number of benzene rings is 2. The van der Waals surface area contributed by atoms with E-state index in [-0.39, 0.29) is 12.4 Å². The molecule has 0 aromatic heterocycles. The van der Waals surface area contributed by atoms with Gasteiger partial charge in [-0.1, -0.05) is 30.4 Å². The van der Waals surface area contributed by atoms with Crippen molar-refractivity contribution in [1.82, 2.24) is 0 Å². The topological polar surface area (TPSA) is 40.5 Å². The quantitative estimate of drug-likeness (QED) is 0.782. The van der Waals surface area contributed by atoms with Gasteiger partial charge in [0.05, 0.1) is 6.61 Å². The van der Waals surface area contributed by atoms with E-state index in [1.165, 1.54) is 0 Å². The van der Waals surface area contributed by atoms with Gasteiger partial charge in [0, 0.05) is 0 Å². The molecule has 0 amide bonds. The second-order valence-corrected chi connectivity index (χ2v) is 3.38. The number of hydrogen-bond acceptors (Lipinski definition) is 2. The smallest absolute Gasteiger partial charge is 0.116 e. The van der Waals surface area contributed by atoms with E-state index in [1.54, 1.807) is 18.2 Å². The summed E-state index contributed by atoms with van der Waals surface area (Å²) in [4.78, 5) is 0. The van der Waals surface area contributed by atoms with Crippen molar-refractivity contribution in [1.29, 1.82) is 0 Å². The molecule has 0 saturated heterocycles. The molecule has 2 heteroatoms. The van der Waals surface area contributed by atoms with Crippen molar-refractivity contribution in [2.24, 2.45) is 0 Å². The standard InChI is InChI=1S/C13H12O2/c14-7-1-2-10-3-4-12-9-13(15)6-5-11(12)8-10/h1-6,8-9,14-15H,7H2. The highest BCUT2D eigenvalue weighted by Crippen LogP contribution is 2.21. The van der Waals surface area contributed by atoms with Gasteiger partial charge in [-0.3, -0.25) is 0 Å². The molecule has 15 heavy (non-hydrogen) atoms. The molecule has 2 N–H and O–H groups in total. The summed E-state index contributed by atoms with van der Waals surface area (Å²) in [6.45, 7) is 0.0492. The Hall–Kier alpha value is -1.80. The Labute approximate surface area is 88.1 Å². The molecule has 0 unspecified atom stereocenters. The van der Waals surface area contributed by atoms with Crippen molar-refractivity contribution >= 4 is 16.8 Å². The molecule has 0 heterocycles. The fraction of sp³-hybridized carbons (Fsp3) is 0.0769. The maximum absolute atomic E-state index is 9.29. The first-order valence-corrected chi connectivity index (χ1v) is 4.80. The van der Waals surface area contributed by atoms with Gasteiger partial charge in [0.1, 0.15) is 5.75 Å². The summed E-state index contributed by atoms with van der Waals surface area (Å²) >= 11 is 0. The molecule has 0 aliphatic heterocycles. The van der Waals surface area contributed by atoms with E-state index in [1.807, 2.05) is 30.3 Å². The molecule has 0 spiro atoms. The second-order valence-electron chi connectivity index (χ2n) is 3.38. The van der Waals surface area contributed by atoms with E-state index >= 15 is 0 Å². The van der Waals surface area contributed by atoms with Gasteiger partial charge in [0.15, 0.2) is 0 Å². The van der Waals surface area contributed by atoms with Crippen molar-refractivity contribution in [2.75, 3.05) is 6.61 Å². The minimum absolute atomic E-state index is 0.0492. The molecule has 2 rings (SSSR count). The normalized spacial score (nSPS) is 11.3. The zero-order valence-electron chi connectivity index (χ0n) is 8.22. The van der Waals surface area contributed by atoms with Crippen LogP contribution in [0.4, 0.5) is 0 Å². The van der Waals surface area contributed by atoms with Crippen LogP contribution in [0.15, 0.2) is 42.5 Å². The first-order valence-electron chi connectivity index (χ1n) is 4.80. The van der Waals surface area contributed by atoms with Crippen LogP contribution in [0.1, 0.15) is 5.56 Å². The van der Waals surface area contributed by atoms with E-state index < -0.39 is 0 Å². The maximum atomic E-state index is 9.29. The summed E-state index contributed by atoms with van der Waals surface area (Å²) in [6.07, 6.45) is 3.56. The Morgan fingerprint density at radius 1 is 1.00 bits per heavy atom. The van der Waals surface area contributed by atoms with E-state index in [0.717, 1.165) is 16.3 Å². The summed E-state index contributed by atoms with van der Waals surface area (Å²) in [5.41, 5.74) is 1.04. The molecule has 2 aromatic rings. The Bertz CT molecular complexity index is 501. The van der Waals surface area contributed by atoms with Crippen LogP contribution >= 0.6 is 0 Å². The van der Waals surface area contributed by atoms with Crippen LogP contribution in [0.3, 0.4) is 0 Å². The monoisotopic (exact) mass is 200 g/mol. The molecular weight excluding hydrogens is 188 g/mol. The number of fused-ring (bicyclic) bond motifs is 1. The number of aromatic hydroxyl groups is 1. The molecule has 76 valence electrons. The van der Waals surface area contributed by atoms with Gasteiger partial charge in [-0.05, 0) is 34.5 Å². The van der Waals surface area contributed by atoms with Crippen LogP contribution in [0, 0.1) is 0 Å². The molecule has 0 radical (unpaired) electrons. The minimum Gasteiger partial charge on any atom is -0.508 e. The number of aliphatic hydroxyl groups excluding tert-OH is 1. The number of hydrogen-bond donors (Lipinski definition) is 2. The Morgan fingerprint density at radius 2 is 1.73 bits per heavy atom. The highest BCUT2D eigenvalue weighted by Gasteiger charge is 1.95. The Balaban J connectivity index is 2.47. The van der Waals surface area contributed by atoms with Gasteiger partial charge >= 0.3 is 0 Å². The summed E-state index contributed by atoms with van der Waals surface area (Å²) in [7, 11) is 0. The zero-order valence-corrected chi connectivity index (χ0v) is 8.22. The van der Waals surface area contributed by atoms with Crippen LogP contribution in [0.5, 0.6) is 5.75 Å². The lowest BCUT2D eigenvalue weighted by molar-refractivity contribution is 0.343. The van der Waals surface area contributed by atoms with Gasteiger partial charge in [-0.25, -0.2) is 0 Å². The van der Waals surface area contributed by atoms with Crippen molar-refractivity contribution in [3.63, 3.8) is 0 Å². The number of rotatable bonds is 2. The van der Waals surface area contributed by atoms with Gasteiger partial charge < -0.3 is 10.2 Å². The average Bonchev–Trinajstić information content (AvgIpc) is 2.26. The van der Waals surface area contributed by atoms with Crippen molar-refractivity contribution in [3.8, 4) is 5.75 Å². The Morgan fingerprint density at radius 3 is 2.53 bits per heavy atom. The van der Waals surface area contributed by atoms with Crippen LogP contribution in [-0.4, -0.2) is 16.8 Å². The third-order valence-corrected chi connectivity index (χ3v) is 2.26. The van der Waals surface area contributed by atoms with Gasteiger partial charge in [0.2, 0.25) is 0 Å². The summed E-state index contributed by atoms with van der Waals surface area (Å²) in [6, 6.07) is 11.2. The fourth-order valence-corrected chi connectivity index (χ4v) is 1.54. The SMILES string of the molecule is OCC=Cc1ccc2cc(O)ccc2c1. The summed E-state index contributed by atoms with van der Waals surface area (Å²) in [5, 5.41) is 20.0. The first-order chi connectivity index (χ1) is 7.29. The lowest BCUT2D eigenvalue weighted by Crippen LogP contribution is -1.77. The number of phenolic OH excluding ortho intramolecular Hbond substituents is 1. The van der Waals surface area contributed by atoms with Gasteiger partial charge in [-0.15, -0.1) is 0 Å². The fourth-order valence-electron chi connectivity index (χ4n) is 1.54. The molecule has 0 fully saturated rings. The third-order valence-electron chi connectivity index (χ3n) is 2.26. The van der Waals surface area contributed by atoms with Gasteiger partial charge in [0.25, 0.3) is 0 Å². The van der Waals surface area contributed by atoms with Crippen LogP contribution in [0.25, 0.3) is 16.8 Å². The minimum atomic E-state index is 0.0492. The van der Waals surface area contributed by atoms with E-state index in [9.17, 15) is 5.11 Å². The van der Waals surface area contributed by atoms with E-state index in [0.29, 0.717) is 0 Å². The average molecular weight is 200 g/mol. The molecule has 0 bridgehead atoms. The summed E-state index contributed by atoms with van der Waals surface area (Å²) < 4.78 is 0. The lowest BCUT2D eigenvalue weighted by Gasteiger charge is -2.00. The molecule has 0 atom stereocenters. The molecule has 0 aliphatic rings. The molecule has 0 saturated carbocycles. The molecular formula is C13H12O2. The highest BCUT2D eigenvalue weighted by molar-refractivity contribution is 5.85. The number of aliphatic hydroxyl groups is 1. The molecule has 0 aliphatic carbocycles.